The first kappa shape index (κ1) is 19.9. The number of fused-ring (bicyclic) bond motifs is 1. The highest BCUT2D eigenvalue weighted by molar-refractivity contribution is 6.10. The predicted octanol–water partition coefficient (Wildman–Crippen LogP) is 4.06. The van der Waals surface area contributed by atoms with E-state index in [2.05, 4.69) is 39.3 Å². The van der Waals surface area contributed by atoms with E-state index in [1.807, 2.05) is 43.3 Å². The fraction of sp³-hybridized carbons (Fsp3) is 0.250. The molecule has 1 aromatic heterocycles. The summed E-state index contributed by atoms with van der Waals surface area (Å²) in [6, 6.07) is 19.0. The Balaban J connectivity index is 1.44. The molecule has 1 aliphatic heterocycles. The van der Waals surface area contributed by atoms with Gasteiger partial charge in [-0.2, -0.15) is 0 Å². The van der Waals surface area contributed by atoms with E-state index in [0.717, 1.165) is 24.3 Å². The van der Waals surface area contributed by atoms with E-state index in [1.165, 1.54) is 5.69 Å². The van der Waals surface area contributed by atoms with Gasteiger partial charge in [0.05, 0.1) is 17.8 Å². The second-order valence-electron chi connectivity index (χ2n) is 7.69. The smallest absolute Gasteiger partial charge is 0.257 e. The average Bonchev–Trinajstić information content (AvgIpc) is 3.20. The normalized spacial score (nSPS) is 16.0. The Labute approximate surface area is 176 Å². The molecule has 0 radical (unpaired) electrons. The van der Waals surface area contributed by atoms with Gasteiger partial charge in [-0.05, 0) is 55.8 Å². The van der Waals surface area contributed by atoms with E-state index >= 15 is 0 Å². The lowest BCUT2D eigenvalue weighted by Crippen LogP contribution is -2.41. The summed E-state index contributed by atoms with van der Waals surface area (Å²) in [5, 5.41) is 5.83. The van der Waals surface area contributed by atoms with Crippen LogP contribution in [-0.2, 0) is 11.3 Å². The molecule has 6 nitrogen and oxygen atoms in total. The lowest BCUT2D eigenvalue weighted by Gasteiger charge is -2.34. The summed E-state index contributed by atoms with van der Waals surface area (Å²) in [5.41, 5.74) is 3.96. The summed E-state index contributed by atoms with van der Waals surface area (Å²) >= 11 is 0. The zero-order valence-corrected chi connectivity index (χ0v) is 17.3. The SMILES string of the molecule is Cc1cccc(NC(=O)c2ccccc2NC(=O)CN2CCn3cccc3C2C)c1. The molecule has 0 bridgehead atoms. The first-order valence-electron chi connectivity index (χ1n) is 10.2. The second-order valence-corrected chi connectivity index (χ2v) is 7.69. The van der Waals surface area contributed by atoms with Crippen molar-refractivity contribution in [3.05, 3.63) is 83.7 Å². The summed E-state index contributed by atoms with van der Waals surface area (Å²) in [6.07, 6.45) is 2.08. The van der Waals surface area contributed by atoms with Crippen LogP contribution in [0.5, 0.6) is 0 Å². The number of aryl methyl sites for hydroxylation is 1. The minimum absolute atomic E-state index is 0.127. The molecule has 2 heterocycles. The molecular formula is C24H26N4O2. The maximum Gasteiger partial charge on any atom is 0.257 e. The van der Waals surface area contributed by atoms with Crippen LogP contribution in [0.25, 0.3) is 0 Å². The second kappa shape index (κ2) is 8.55. The topological polar surface area (TPSA) is 66.4 Å². The highest BCUT2D eigenvalue weighted by Crippen LogP contribution is 2.25. The van der Waals surface area contributed by atoms with Crippen LogP contribution in [0.15, 0.2) is 66.9 Å². The van der Waals surface area contributed by atoms with Crippen LogP contribution in [0.3, 0.4) is 0 Å². The number of benzene rings is 2. The molecule has 2 N–H and O–H groups in total. The summed E-state index contributed by atoms with van der Waals surface area (Å²) in [6.45, 7) is 6.05. The van der Waals surface area contributed by atoms with Crippen molar-refractivity contribution in [2.45, 2.75) is 26.4 Å². The summed E-state index contributed by atoms with van der Waals surface area (Å²) in [5.74, 6) is -0.377. The number of carbonyl (C=O) groups is 2. The van der Waals surface area contributed by atoms with E-state index < -0.39 is 0 Å². The third kappa shape index (κ3) is 4.28. The van der Waals surface area contributed by atoms with Crippen molar-refractivity contribution in [1.82, 2.24) is 9.47 Å². The number of amides is 2. The maximum atomic E-state index is 12.8. The van der Waals surface area contributed by atoms with Crippen LogP contribution in [0.1, 0.15) is 34.6 Å². The van der Waals surface area contributed by atoms with Gasteiger partial charge in [0.15, 0.2) is 0 Å². The fourth-order valence-electron chi connectivity index (χ4n) is 3.93. The van der Waals surface area contributed by atoms with Gasteiger partial charge in [0.2, 0.25) is 5.91 Å². The molecule has 0 aliphatic carbocycles. The quantitative estimate of drug-likeness (QED) is 0.676. The molecule has 6 heteroatoms. The molecule has 1 atom stereocenters. The van der Waals surface area contributed by atoms with Crippen molar-refractivity contribution < 1.29 is 9.59 Å². The van der Waals surface area contributed by atoms with Crippen LogP contribution >= 0.6 is 0 Å². The third-order valence-electron chi connectivity index (χ3n) is 5.54. The Morgan fingerprint density at radius 3 is 2.67 bits per heavy atom. The Morgan fingerprint density at radius 2 is 1.83 bits per heavy atom. The van der Waals surface area contributed by atoms with Gasteiger partial charge in [0, 0.05) is 36.7 Å². The molecule has 154 valence electrons. The summed E-state index contributed by atoms with van der Waals surface area (Å²) < 4.78 is 2.23. The molecule has 4 rings (SSSR count). The maximum absolute atomic E-state index is 12.8. The van der Waals surface area contributed by atoms with E-state index in [0.29, 0.717) is 11.3 Å². The molecule has 1 aliphatic rings. The zero-order chi connectivity index (χ0) is 21.1. The van der Waals surface area contributed by atoms with Gasteiger partial charge in [-0.25, -0.2) is 0 Å². The Bertz CT molecular complexity index is 1070. The number of rotatable bonds is 5. The van der Waals surface area contributed by atoms with Crippen molar-refractivity contribution >= 4 is 23.2 Å². The fourth-order valence-corrected chi connectivity index (χ4v) is 3.93. The highest BCUT2D eigenvalue weighted by atomic mass is 16.2. The standard InChI is InChI=1S/C24H26N4O2/c1-17-7-5-8-19(15-17)25-24(30)20-9-3-4-10-21(20)26-23(29)16-28-14-13-27-12-6-11-22(27)18(28)2/h3-12,15,18H,13-14,16H2,1-2H3,(H,25,30)(H,26,29). The average molecular weight is 402 g/mol. The molecule has 0 saturated heterocycles. The minimum atomic E-state index is -0.249. The van der Waals surface area contributed by atoms with Gasteiger partial charge in [-0.1, -0.05) is 24.3 Å². The number of para-hydroxylation sites is 1. The van der Waals surface area contributed by atoms with Gasteiger partial charge in [0.25, 0.3) is 5.91 Å². The summed E-state index contributed by atoms with van der Waals surface area (Å²) in [7, 11) is 0. The first-order chi connectivity index (χ1) is 14.5. The van der Waals surface area contributed by atoms with Crippen molar-refractivity contribution in [3.63, 3.8) is 0 Å². The van der Waals surface area contributed by atoms with E-state index in [-0.39, 0.29) is 24.4 Å². The molecule has 0 saturated carbocycles. The lowest BCUT2D eigenvalue weighted by molar-refractivity contribution is -0.118. The number of carbonyl (C=O) groups excluding carboxylic acids is 2. The van der Waals surface area contributed by atoms with E-state index in [9.17, 15) is 9.59 Å². The molecule has 2 amide bonds. The van der Waals surface area contributed by atoms with Crippen molar-refractivity contribution in [3.8, 4) is 0 Å². The Kier molecular flexibility index (Phi) is 5.68. The number of hydrogen-bond acceptors (Lipinski definition) is 3. The number of nitrogens with zero attached hydrogens (tertiary/aromatic N) is 2. The zero-order valence-electron chi connectivity index (χ0n) is 17.3. The predicted molar refractivity (Wildman–Crippen MR) is 119 cm³/mol. The van der Waals surface area contributed by atoms with E-state index in [4.69, 9.17) is 0 Å². The molecule has 0 spiro atoms. The number of aromatic nitrogens is 1. The minimum Gasteiger partial charge on any atom is -0.349 e. The van der Waals surface area contributed by atoms with Crippen LogP contribution in [0.2, 0.25) is 0 Å². The number of nitrogens with one attached hydrogen (secondary N) is 2. The first-order valence-corrected chi connectivity index (χ1v) is 10.2. The summed E-state index contributed by atoms with van der Waals surface area (Å²) in [4.78, 5) is 27.7. The van der Waals surface area contributed by atoms with Crippen molar-refractivity contribution in [1.29, 1.82) is 0 Å². The monoisotopic (exact) mass is 402 g/mol. The van der Waals surface area contributed by atoms with Crippen LogP contribution in [0, 0.1) is 6.92 Å². The Hall–Kier alpha value is -3.38. The van der Waals surface area contributed by atoms with Gasteiger partial charge >= 0.3 is 0 Å². The Morgan fingerprint density at radius 1 is 1.00 bits per heavy atom. The number of anilines is 2. The van der Waals surface area contributed by atoms with Crippen LogP contribution in [-0.4, -0.2) is 34.4 Å². The van der Waals surface area contributed by atoms with Crippen LogP contribution < -0.4 is 10.6 Å². The molecule has 30 heavy (non-hydrogen) atoms. The molecule has 3 aromatic rings. The van der Waals surface area contributed by atoms with Gasteiger partial charge in [0.1, 0.15) is 0 Å². The molecule has 0 fully saturated rings. The van der Waals surface area contributed by atoms with Crippen molar-refractivity contribution in [2.24, 2.45) is 0 Å². The molecule has 2 aromatic carbocycles. The molecule has 1 unspecified atom stereocenters. The largest absolute Gasteiger partial charge is 0.349 e. The van der Waals surface area contributed by atoms with Gasteiger partial charge in [-0.15, -0.1) is 0 Å². The van der Waals surface area contributed by atoms with Gasteiger partial charge < -0.3 is 15.2 Å². The lowest BCUT2D eigenvalue weighted by atomic mass is 10.1. The van der Waals surface area contributed by atoms with Crippen LogP contribution in [0.4, 0.5) is 11.4 Å². The third-order valence-corrected chi connectivity index (χ3v) is 5.54. The van der Waals surface area contributed by atoms with Gasteiger partial charge in [-0.3, -0.25) is 14.5 Å². The number of hydrogen-bond donors (Lipinski definition) is 2. The molecular weight excluding hydrogens is 376 g/mol. The van der Waals surface area contributed by atoms with E-state index in [1.54, 1.807) is 18.2 Å². The highest BCUT2D eigenvalue weighted by Gasteiger charge is 2.25. The van der Waals surface area contributed by atoms with Crippen molar-refractivity contribution in [2.75, 3.05) is 23.7 Å².